The third-order valence-electron chi connectivity index (χ3n) is 10.1. The fourth-order valence-corrected chi connectivity index (χ4v) is 8.06. The van der Waals surface area contributed by atoms with Gasteiger partial charge in [0.2, 0.25) is 12.7 Å². The zero-order chi connectivity index (χ0) is 35.5. The molecule has 2 amide bonds. The summed E-state index contributed by atoms with van der Waals surface area (Å²) in [5.74, 6) is -1.32. The summed E-state index contributed by atoms with van der Waals surface area (Å²) in [6.07, 6.45) is -2.78. The van der Waals surface area contributed by atoms with Gasteiger partial charge in [0.05, 0.1) is 25.3 Å². The average Bonchev–Trinajstić information content (AvgIpc) is 3.54. The molecule has 0 aromatic heterocycles. The van der Waals surface area contributed by atoms with Crippen LogP contribution in [-0.4, -0.2) is 91.2 Å². The van der Waals surface area contributed by atoms with Crippen LogP contribution in [0.15, 0.2) is 18.7 Å². The van der Waals surface area contributed by atoms with E-state index in [1.54, 1.807) is 11.4 Å². The molecule has 262 valence electrons. The number of nitriles is 1. The van der Waals surface area contributed by atoms with Crippen molar-refractivity contribution in [2.75, 3.05) is 34.1 Å². The van der Waals surface area contributed by atoms with Crippen molar-refractivity contribution < 1.29 is 46.8 Å². The SMILES string of the molecule is C=CCOc1c(C)c2c(c3c1CC1[C@H]4c5c(cc(C)c(OC)c5O)C[C@H]([C@H](C#N)N1[C@H]3CNC(=O)[C@H](C)NC(=O)C(F)(F)F)N4C)OCO2. The highest BCUT2D eigenvalue weighted by atomic mass is 19.4. The fourth-order valence-electron chi connectivity index (χ4n) is 8.06. The van der Waals surface area contributed by atoms with Gasteiger partial charge in [0.25, 0.3) is 0 Å². The summed E-state index contributed by atoms with van der Waals surface area (Å²) >= 11 is 0. The first kappa shape index (κ1) is 34.2. The lowest BCUT2D eigenvalue weighted by atomic mass is 9.71. The number of methoxy groups -OCH3 is 1. The second-order valence-electron chi connectivity index (χ2n) is 12.8. The predicted octanol–water partition coefficient (Wildman–Crippen LogP) is 3.27. The van der Waals surface area contributed by atoms with Crippen molar-refractivity contribution in [2.45, 2.75) is 76.0 Å². The number of carbonyl (C=O) groups excluding carboxylic acids is 2. The van der Waals surface area contributed by atoms with Crippen molar-refractivity contribution in [2.24, 2.45) is 0 Å². The number of piperazine rings is 1. The number of aromatic hydroxyl groups is 1. The molecule has 49 heavy (non-hydrogen) atoms. The Morgan fingerprint density at radius 1 is 1.20 bits per heavy atom. The van der Waals surface area contributed by atoms with Gasteiger partial charge in [-0.1, -0.05) is 18.7 Å². The third kappa shape index (κ3) is 5.47. The molecule has 4 aliphatic rings. The standard InChI is InChI=1S/C34H38F3N5O7/c1-7-8-47-29-16(3)30-31(49-14-48-30)25-19(29)11-21-26-24-18(9-15(2)28(46-6)27(24)43)10-20(41(26)5)22(12-38)42(21)23(25)13-39-32(44)17(4)40-33(45)34(35,36)37/h7,9,17,20-23,26,43H,1,8,10-11,13-14H2,2-6H3,(H,39,44)(H,40,45)/t17-,20+,21?,22-,23-,26-/m0/s1. The summed E-state index contributed by atoms with van der Waals surface area (Å²) in [6, 6.07) is 0.246. The quantitative estimate of drug-likeness (QED) is 0.354. The van der Waals surface area contributed by atoms with E-state index in [9.17, 15) is 33.1 Å². The van der Waals surface area contributed by atoms with Crippen LogP contribution < -0.4 is 29.6 Å². The molecule has 1 unspecified atom stereocenters. The third-order valence-corrected chi connectivity index (χ3v) is 10.1. The van der Waals surface area contributed by atoms with Gasteiger partial charge in [-0.15, -0.1) is 0 Å². The molecular weight excluding hydrogens is 647 g/mol. The Kier molecular flexibility index (Phi) is 8.83. The van der Waals surface area contributed by atoms with Gasteiger partial charge in [0, 0.05) is 40.9 Å². The molecule has 12 nitrogen and oxygen atoms in total. The lowest BCUT2D eigenvalue weighted by Gasteiger charge is -2.60. The number of carbonyl (C=O) groups is 2. The Hall–Kier alpha value is -4.68. The highest BCUT2D eigenvalue weighted by Gasteiger charge is 2.57. The number of phenolic OH excluding ortho intramolecular Hbond substituents is 1. The second kappa shape index (κ2) is 12.6. The maximum atomic E-state index is 13.2. The van der Waals surface area contributed by atoms with Crippen LogP contribution >= 0.6 is 0 Å². The Labute approximate surface area is 281 Å². The summed E-state index contributed by atoms with van der Waals surface area (Å²) in [6.45, 7) is 8.57. The van der Waals surface area contributed by atoms with Gasteiger partial charge in [-0.3, -0.25) is 19.4 Å². The van der Waals surface area contributed by atoms with Gasteiger partial charge < -0.3 is 34.7 Å². The molecular formula is C34H38F3N5O7. The molecule has 2 aromatic carbocycles. The Morgan fingerprint density at radius 3 is 2.57 bits per heavy atom. The Bertz CT molecular complexity index is 1760. The van der Waals surface area contributed by atoms with Crippen LogP contribution in [-0.2, 0) is 22.4 Å². The molecule has 6 atom stereocenters. The molecule has 6 rings (SSSR count). The minimum Gasteiger partial charge on any atom is -0.504 e. The molecule has 4 heterocycles. The van der Waals surface area contributed by atoms with Crippen LogP contribution in [0.4, 0.5) is 13.2 Å². The summed E-state index contributed by atoms with van der Waals surface area (Å²) in [7, 11) is 3.41. The first-order valence-electron chi connectivity index (χ1n) is 15.9. The zero-order valence-electron chi connectivity index (χ0n) is 27.7. The van der Waals surface area contributed by atoms with Crippen molar-refractivity contribution in [3.63, 3.8) is 0 Å². The molecule has 0 spiro atoms. The number of ether oxygens (including phenoxy) is 4. The lowest BCUT2D eigenvalue weighted by Crippen LogP contribution is -2.69. The van der Waals surface area contributed by atoms with Crippen LogP contribution in [0.25, 0.3) is 0 Å². The number of rotatable bonds is 8. The molecule has 1 fully saturated rings. The van der Waals surface area contributed by atoms with E-state index in [2.05, 4.69) is 22.9 Å². The number of fused-ring (bicyclic) bond motifs is 9. The lowest BCUT2D eigenvalue weighted by molar-refractivity contribution is -0.174. The molecule has 4 aliphatic heterocycles. The van der Waals surface area contributed by atoms with E-state index in [0.29, 0.717) is 52.5 Å². The van der Waals surface area contributed by atoms with Crippen molar-refractivity contribution in [1.82, 2.24) is 20.4 Å². The number of likely N-dealkylation sites (N-methyl/N-ethyl adjacent to an activating group) is 1. The topological polar surface area (TPSA) is 146 Å². The van der Waals surface area contributed by atoms with Crippen LogP contribution in [0.3, 0.4) is 0 Å². The number of phenols is 1. The highest BCUT2D eigenvalue weighted by molar-refractivity contribution is 5.89. The first-order valence-corrected chi connectivity index (χ1v) is 15.9. The minimum atomic E-state index is -5.16. The monoisotopic (exact) mass is 685 g/mol. The predicted molar refractivity (Wildman–Crippen MR) is 169 cm³/mol. The van der Waals surface area contributed by atoms with Crippen LogP contribution in [0.1, 0.15) is 52.4 Å². The van der Waals surface area contributed by atoms with Gasteiger partial charge in [-0.25, -0.2) is 0 Å². The smallest absolute Gasteiger partial charge is 0.471 e. The van der Waals surface area contributed by atoms with E-state index in [1.807, 2.05) is 31.9 Å². The van der Waals surface area contributed by atoms with Crippen LogP contribution in [0.2, 0.25) is 0 Å². The van der Waals surface area contributed by atoms with Crippen molar-refractivity contribution in [3.05, 3.63) is 52.1 Å². The Morgan fingerprint density at radius 2 is 1.92 bits per heavy atom. The van der Waals surface area contributed by atoms with E-state index in [1.165, 1.54) is 7.11 Å². The van der Waals surface area contributed by atoms with E-state index in [-0.39, 0.29) is 31.7 Å². The molecule has 2 aromatic rings. The van der Waals surface area contributed by atoms with Crippen LogP contribution in [0.5, 0.6) is 28.7 Å². The number of hydrogen-bond acceptors (Lipinski definition) is 10. The average molecular weight is 686 g/mol. The molecule has 3 N–H and O–H groups in total. The number of nitrogens with zero attached hydrogens (tertiary/aromatic N) is 3. The molecule has 15 heteroatoms. The molecule has 1 saturated heterocycles. The van der Waals surface area contributed by atoms with E-state index < -0.39 is 48.2 Å². The molecule has 0 saturated carbocycles. The van der Waals surface area contributed by atoms with Crippen molar-refractivity contribution >= 4 is 11.8 Å². The zero-order valence-corrected chi connectivity index (χ0v) is 27.7. The van der Waals surface area contributed by atoms with Gasteiger partial charge in [0.1, 0.15) is 24.4 Å². The first-order chi connectivity index (χ1) is 23.2. The number of alkyl halides is 3. The number of halogens is 3. The largest absolute Gasteiger partial charge is 0.504 e. The molecule has 0 aliphatic carbocycles. The normalized spacial score (nSPS) is 24.4. The number of aryl methyl sites for hydroxylation is 1. The Balaban J connectivity index is 1.51. The minimum absolute atomic E-state index is 0.0121. The number of hydrogen-bond donors (Lipinski definition) is 3. The number of nitrogens with one attached hydrogen (secondary N) is 2. The summed E-state index contributed by atoms with van der Waals surface area (Å²) in [4.78, 5) is 28.9. The second-order valence-corrected chi connectivity index (χ2v) is 12.8. The number of benzene rings is 2. The van der Waals surface area contributed by atoms with E-state index in [0.717, 1.165) is 23.6 Å². The summed E-state index contributed by atoms with van der Waals surface area (Å²) in [5.41, 5.74) is 4.39. The van der Waals surface area contributed by atoms with Crippen molar-refractivity contribution in [3.8, 4) is 34.8 Å². The molecule has 2 bridgehead atoms. The molecule has 0 radical (unpaired) electrons. The van der Waals surface area contributed by atoms with E-state index >= 15 is 0 Å². The maximum Gasteiger partial charge on any atom is 0.471 e. The fraction of sp³-hybridized carbons (Fsp3) is 0.500. The number of amides is 2. The summed E-state index contributed by atoms with van der Waals surface area (Å²) < 4.78 is 62.6. The van der Waals surface area contributed by atoms with Gasteiger partial charge in [-0.2, -0.15) is 18.4 Å². The summed E-state index contributed by atoms with van der Waals surface area (Å²) in [5, 5.41) is 26.9. The van der Waals surface area contributed by atoms with Gasteiger partial charge in [-0.05, 0) is 51.8 Å². The van der Waals surface area contributed by atoms with Gasteiger partial charge in [0.15, 0.2) is 23.0 Å². The van der Waals surface area contributed by atoms with Crippen molar-refractivity contribution in [1.29, 1.82) is 5.26 Å². The van der Waals surface area contributed by atoms with Gasteiger partial charge >= 0.3 is 12.1 Å². The van der Waals surface area contributed by atoms with E-state index in [4.69, 9.17) is 18.9 Å². The highest BCUT2D eigenvalue weighted by Crippen LogP contribution is 2.58. The maximum absolute atomic E-state index is 13.2. The van der Waals surface area contributed by atoms with Crippen LogP contribution in [0, 0.1) is 25.2 Å².